The summed E-state index contributed by atoms with van der Waals surface area (Å²) >= 11 is 5.75. The highest BCUT2D eigenvalue weighted by Crippen LogP contribution is 2.15. The smallest absolute Gasteiger partial charge is 0.308 e. The Labute approximate surface area is 140 Å². The van der Waals surface area contributed by atoms with Crippen LogP contribution >= 0.6 is 11.6 Å². The van der Waals surface area contributed by atoms with Crippen LogP contribution in [0.5, 0.6) is 5.75 Å². The van der Waals surface area contributed by atoms with Crippen LogP contribution in [-0.4, -0.2) is 20.9 Å². The van der Waals surface area contributed by atoms with Crippen molar-refractivity contribution < 1.29 is 17.9 Å². The second-order valence-electron chi connectivity index (χ2n) is 4.84. The van der Waals surface area contributed by atoms with Gasteiger partial charge in [0.1, 0.15) is 5.75 Å². The van der Waals surface area contributed by atoms with Crippen molar-refractivity contribution in [3.05, 3.63) is 59.1 Å². The van der Waals surface area contributed by atoms with E-state index >= 15 is 0 Å². The molecule has 0 spiro atoms. The number of carbonyl (C=O) groups is 1. The number of rotatable bonds is 6. The third-order valence-electron chi connectivity index (χ3n) is 2.99. The monoisotopic (exact) mass is 353 g/mol. The van der Waals surface area contributed by atoms with E-state index in [1.54, 1.807) is 18.2 Å². The lowest BCUT2D eigenvalue weighted by Gasteiger charge is -2.08. The number of nitrogens with one attached hydrogen (secondary N) is 1. The fourth-order valence-electron chi connectivity index (χ4n) is 1.96. The molecular formula is C16H16ClNO4S. The zero-order valence-corrected chi connectivity index (χ0v) is 14.0. The van der Waals surface area contributed by atoms with Gasteiger partial charge in [-0.05, 0) is 48.4 Å². The molecule has 0 amide bonds. The van der Waals surface area contributed by atoms with Crippen molar-refractivity contribution in [2.45, 2.75) is 18.2 Å². The summed E-state index contributed by atoms with van der Waals surface area (Å²) in [5.74, 6) is 0.0427. The fraction of sp³-hybridized carbons (Fsp3) is 0.188. The molecule has 23 heavy (non-hydrogen) atoms. The van der Waals surface area contributed by atoms with E-state index < -0.39 is 16.0 Å². The molecule has 0 aliphatic carbocycles. The second kappa shape index (κ2) is 7.59. The molecule has 0 aliphatic heterocycles. The SMILES string of the molecule is CC(=O)Oc1cccc(CCNS(=O)(=O)c2ccc(Cl)cc2)c1. The number of benzene rings is 2. The quantitative estimate of drug-likeness (QED) is 0.640. The number of hydrogen-bond acceptors (Lipinski definition) is 4. The van der Waals surface area contributed by atoms with Gasteiger partial charge >= 0.3 is 5.97 Å². The average Bonchev–Trinajstić information content (AvgIpc) is 2.47. The van der Waals surface area contributed by atoms with E-state index in [9.17, 15) is 13.2 Å². The molecule has 0 aliphatic rings. The number of sulfonamides is 1. The maximum atomic E-state index is 12.1. The second-order valence-corrected chi connectivity index (χ2v) is 7.05. The van der Waals surface area contributed by atoms with Gasteiger partial charge < -0.3 is 4.74 Å². The van der Waals surface area contributed by atoms with Crippen molar-refractivity contribution in [1.29, 1.82) is 0 Å². The Kier molecular flexibility index (Phi) is 5.76. The van der Waals surface area contributed by atoms with Gasteiger partial charge in [-0.1, -0.05) is 23.7 Å². The summed E-state index contributed by atoms with van der Waals surface area (Å²) in [6.45, 7) is 1.56. The number of carbonyl (C=O) groups excluding carboxylic acids is 1. The summed E-state index contributed by atoms with van der Waals surface area (Å²) in [7, 11) is -3.57. The molecule has 0 radical (unpaired) electrons. The first kappa shape index (κ1) is 17.5. The molecule has 0 saturated heterocycles. The van der Waals surface area contributed by atoms with Crippen LogP contribution in [0.1, 0.15) is 12.5 Å². The number of esters is 1. The molecule has 0 aromatic heterocycles. The molecule has 122 valence electrons. The minimum absolute atomic E-state index is 0.163. The highest BCUT2D eigenvalue weighted by molar-refractivity contribution is 7.89. The topological polar surface area (TPSA) is 72.5 Å². The Bertz CT molecular complexity index is 788. The first-order valence-corrected chi connectivity index (χ1v) is 8.75. The highest BCUT2D eigenvalue weighted by atomic mass is 35.5. The lowest BCUT2D eigenvalue weighted by atomic mass is 10.1. The Hall–Kier alpha value is -1.89. The maximum absolute atomic E-state index is 12.1. The molecule has 0 bridgehead atoms. The third kappa shape index (κ3) is 5.35. The summed E-state index contributed by atoms with van der Waals surface area (Å²) in [5, 5.41) is 0.478. The zero-order valence-electron chi connectivity index (χ0n) is 12.5. The largest absolute Gasteiger partial charge is 0.427 e. The van der Waals surface area contributed by atoms with Crippen LogP contribution in [0.3, 0.4) is 0 Å². The molecule has 7 heteroatoms. The van der Waals surface area contributed by atoms with Gasteiger partial charge in [-0.3, -0.25) is 4.79 Å². The van der Waals surface area contributed by atoms with Crippen molar-refractivity contribution in [1.82, 2.24) is 4.72 Å². The first-order chi connectivity index (χ1) is 10.9. The van der Waals surface area contributed by atoms with Crippen LogP contribution in [0.4, 0.5) is 0 Å². The van der Waals surface area contributed by atoms with Crippen molar-refractivity contribution >= 4 is 27.6 Å². The molecule has 5 nitrogen and oxygen atoms in total. The van der Waals surface area contributed by atoms with Gasteiger partial charge in [-0.2, -0.15) is 0 Å². The molecular weight excluding hydrogens is 338 g/mol. The summed E-state index contributed by atoms with van der Waals surface area (Å²) in [5.41, 5.74) is 0.863. The summed E-state index contributed by atoms with van der Waals surface area (Å²) in [6.07, 6.45) is 0.474. The Morgan fingerprint density at radius 3 is 2.52 bits per heavy atom. The van der Waals surface area contributed by atoms with Crippen molar-refractivity contribution in [2.24, 2.45) is 0 Å². The standard InChI is InChI=1S/C16H16ClNO4S/c1-12(19)22-15-4-2-3-13(11-15)9-10-18-23(20,21)16-7-5-14(17)6-8-16/h2-8,11,18H,9-10H2,1H3. The molecule has 2 rings (SSSR count). The zero-order chi connectivity index (χ0) is 16.9. The van der Waals surface area contributed by atoms with Gasteiger partial charge in [0.2, 0.25) is 10.0 Å². The summed E-state index contributed by atoms with van der Waals surface area (Å²) < 4.78 is 31.8. The van der Waals surface area contributed by atoms with E-state index in [2.05, 4.69) is 4.72 Å². The van der Waals surface area contributed by atoms with E-state index in [4.69, 9.17) is 16.3 Å². The predicted molar refractivity (Wildman–Crippen MR) is 88.1 cm³/mol. The predicted octanol–water partition coefficient (Wildman–Crippen LogP) is 2.79. The van der Waals surface area contributed by atoms with E-state index in [0.29, 0.717) is 17.2 Å². The number of halogens is 1. The third-order valence-corrected chi connectivity index (χ3v) is 4.72. The normalized spacial score (nSPS) is 11.2. The lowest BCUT2D eigenvalue weighted by molar-refractivity contribution is -0.131. The molecule has 0 fully saturated rings. The summed E-state index contributed by atoms with van der Waals surface area (Å²) in [4.78, 5) is 11.1. The van der Waals surface area contributed by atoms with Gasteiger partial charge in [-0.25, -0.2) is 13.1 Å². The van der Waals surface area contributed by atoms with Crippen molar-refractivity contribution in [2.75, 3.05) is 6.54 Å². The van der Waals surface area contributed by atoms with Crippen molar-refractivity contribution in [3.63, 3.8) is 0 Å². The van der Waals surface area contributed by atoms with Crippen LogP contribution in [0.15, 0.2) is 53.4 Å². The number of hydrogen-bond donors (Lipinski definition) is 1. The molecule has 0 saturated carbocycles. The Morgan fingerprint density at radius 2 is 1.87 bits per heavy atom. The van der Waals surface area contributed by atoms with Gasteiger partial charge in [0, 0.05) is 18.5 Å². The van der Waals surface area contributed by atoms with Crippen LogP contribution in [0, 0.1) is 0 Å². The average molecular weight is 354 g/mol. The van der Waals surface area contributed by atoms with E-state index in [1.165, 1.54) is 31.2 Å². The van der Waals surface area contributed by atoms with Crippen LogP contribution in [0.25, 0.3) is 0 Å². The van der Waals surface area contributed by atoms with Crippen LogP contribution in [-0.2, 0) is 21.2 Å². The van der Waals surface area contributed by atoms with E-state index in [1.807, 2.05) is 6.07 Å². The van der Waals surface area contributed by atoms with E-state index in [0.717, 1.165) is 5.56 Å². The van der Waals surface area contributed by atoms with Crippen LogP contribution < -0.4 is 9.46 Å². The summed E-state index contributed by atoms with van der Waals surface area (Å²) in [6, 6.07) is 12.9. The molecule has 1 N–H and O–H groups in total. The van der Waals surface area contributed by atoms with Crippen molar-refractivity contribution in [3.8, 4) is 5.75 Å². The Balaban J connectivity index is 1.96. The van der Waals surface area contributed by atoms with Gasteiger partial charge in [-0.15, -0.1) is 0 Å². The van der Waals surface area contributed by atoms with Gasteiger partial charge in [0.05, 0.1) is 4.90 Å². The first-order valence-electron chi connectivity index (χ1n) is 6.89. The van der Waals surface area contributed by atoms with Gasteiger partial charge in [0.25, 0.3) is 0 Å². The number of ether oxygens (including phenoxy) is 1. The minimum Gasteiger partial charge on any atom is -0.427 e. The molecule has 0 heterocycles. The van der Waals surface area contributed by atoms with Gasteiger partial charge in [0.15, 0.2) is 0 Å². The van der Waals surface area contributed by atoms with E-state index in [-0.39, 0.29) is 11.4 Å². The molecule has 0 unspecified atom stereocenters. The molecule has 2 aromatic carbocycles. The van der Waals surface area contributed by atoms with Crippen LogP contribution in [0.2, 0.25) is 5.02 Å². The minimum atomic E-state index is -3.57. The molecule has 0 atom stereocenters. The Morgan fingerprint density at radius 1 is 1.17 bits per heavy atom. The molecule has 2 aromatic rings. The lowest BCUT2D eigenvalue weighted by Crippen LogP contribution is -2.25. The fourth-order valence-corrected chi connectivity index (χ4v) is 3.12. The highest BCUT2D eigenvalue weighted by Gasteiger charge is 2.13. The maximum Gasteiger partial charge on any atom is 0.308 e.